The summed E-state index contributed by atoms with van der Waals surface area (Å²) in [7, 11) is 0. The van der Waals surface area contributed by atoms with Crippen molar-refractivity contribution in [2.75, 3.05) is 0 Å². The van der Waals surface area contributed by atoms with E-state index >= 15 is 0 Å². The van der Waals surface area contributed by atoms with Crippen molar-refractivity contribution in [2.45, 2.75) is 0 Å². The van der Waals surface area contributed by atoms with Gasteiger partial charge in [-0.25, -0.2) is 4.79 Å². The summed E-state index contributed by atoms with van der Waals surface area (Å²) in [6.07, 6.45) is 4.16. The van der Waals surface area contributed by atoms with Gasteiger partial charge >= 0.3 is 5.97 Å². The molecule has 76 valence electrons. The molecule has 0 radical (unpaired) electrons. The first-order chi connectivity index (χ1) is 7.20. The second-order valence-corrected chi connectivity index (χ2v) is 3.23. The van der Waals surface area contributed by atoms with Gasteiger partial charge in [-0.3, -0.25) is 4.98 Å². The van der Waals surface area contributed by atoms with Crippen molar-refractivity contribution < 1.29 is 14.3 Å². The largest absolute Gasteiger partial charge is 0.478 e. The molecule has 2 heterocycles. The van der Waals surface area contributed by atoms with Gasteiger partial charge in [0.1, 0.15) is 5.76 Å². The van der Waals surface area contributed by atoms with Gasteiger partial charge in [-0.15, -0.1) is 0 Å². The maximum absolute atomic E-state index is 11.0. The maximum Gasteiger partial charge on any atom is 0.338 e. The molecule has 2 rings (SSSR count). The number of rotatable bonds is 2. The molecule has 0 spiro atoms. The molecule has 4 nitrogen and oxygen atoms in total. The molecule has 0 unspecified atom stereocenters. The Morgan fingerprint density at radius 3 is 2.87 bits per heavy atom. The topological polar surface area (TPSA) is 63.3 Å². The number of furan rings is 1. The van der Waals surface area contributed by atoms with E-state index in [1.165, 1.54) is 18.7 Å². The number of hydrogen-bond donors (Lipinski definition) is 1. The third kappa shape index (κ3) is 1.71. The number of carboxylic acids is 1. The number of pyridine rings is 1. The molecule has 2 aromatic heterocycles. The fourth-order valence-corrected chi connectivity index (χ4v) is 1.51. The van der Waals surface area contributed by atoms with E-state index in [1.807, 2.05) is 0 Å². The van der Waals surface area contributed by atoms with Crippen molar-refractivity contribution in [3.05, 3.63) is 41.4 Å². The summed E-state index contributed by atoms with van der Waals surface area (Å²) >= 11 is 5.76. The zero-order valence-electron chi connectivity index (χ0n) is 7.48. The number of hydrogen-bond acceptors (Lipinski definition) is 3. The molecule has 15 heavy (non-hydrogen) atoms. The van der Waals surface area contributed by atoms with E-state index in [-0.39, 0.29) is 10.6 Å². The minimum absolute atomic E-state index is 0.00150. The van der Waals surface area contributed by atoms with Crippen LogP contribution in [-0.4, -0.2) is 16.1 Å². The van der Waals surface area contributed by atoms with Crippen LogP contribution in [0.3, 0.4) is 0 Å². The van der Waals surface area contributed by atoms with Gasteiger partial charge in [0.25, 0.3) is 0 Å². The van der Waals surface area contributed by atoms with Crippen LogP contribution in [0.4, 0.5) is 0 Å². The zero-order valence-corrected chi connectivity index (χ0v) is 8.23. The van der Waals surface area contributed by atoms with E-state index in [2.05, 4.69) is 4.98 Å². The molecule has 5 heteroatoms. The molecule has 0 amide bonds. The lowest BCUT2D eigenvalue weighted by Crippen LogP contribution is -2.01. The fourth-order valence-electron chi connectivity index (χ4n) is 1.27. The van der Waals surface area contributed by atoms with Crippen LogP contribution in [0.1, 0.15) is 10.4 Å². The Balaban J connectivity index is 2.66. The van der Waals surface area contributed by atoms with Gasteiger partial charge in [0.05, 0.1) is 22.4 Å². The normalized spacial score (nSPS) is 10.2. The average molecular weight is 224 g/mol. The van der Waals surface area contributed by atoms with Crippen LogP contribution in [0.2, 0.25) is 5.02 Å². The quantitative estimate of drug-likeness (QED) is 0.850. The summed E-state index contributed by atoms with van der Waals surface area (Å²) in [5.74, 6) is -0.670. The van der Waals surface area contributed by atoms with E-state index in [0.29, 0.717) is 11.3 Å². The van der Waals surface area contributed by atoms with E-state index in [1.54, 1.807) is 12.1 Å². The van der Waals surface area contributed by atoms with Crippen LogP contribution in [0.25, 0.3) is 11.3 Å². The highest BCUT2D eigenvalue weighted by Crippen LogP contribution is 2.28. The van der Waals surface area contributed by atoms with Crippen molar-refractivity contribution in [2.24, 2.45) is 0 Å². The lowest BCUT2D eigenvalue weighted by Gasteiger charge is -2.03. The van der Waals surface area contributed by atoms with Gasteiger partial charge in [-0.1, -0.05) is 11.6 Å². The van der Waals surface area contributed by atoms with Crippen molar-refractivity contribution in [1.82, 2.24) is 4.98 Å². The first-order valence-corrected chi connectivity index (χ1v) is 4.48. The Kier molecular flexibility index (Phi) is 2.43. The molecule has 0 atom stereocenters. The summed E-state index contributed by atoms with van der Waals surface area (Å²) in [6, 6.07) is 3.32. The zero-order chi connectivity index (χ0) is 10.8. The smallest absolute Gasteiger partial charge is 0.338 e. The highest BCUT2D eigenvalue weighted by molar-refractivity contribution is 6.34. The van der Waals surface area contributed by atoms with Crippen LogP contribution < -0.4 is 0 Å². The molecule has 0 saturated heterocycles. The van der Waals surface area contributed by atoms with Gasteiger partial charge in [-0.2, -0.15) is 0 Å². The Morgan fingerprint density at radius 2 is 2.27 bits per heavy atom. The molecule has 0 aliphatic carbocycles. The fraction of sp³-hybridized carbons (Fsp3) is 0. The van der Waals surface area contributed by atoms with Gasteiger partial charge in [0.2, 0.25) is 0 Å². The van der Waals surface area contributed by atoms with Crippen LogP contribution in [0.5, 0.6) is 0 Å². The molecular formula is C10H6ClNO3. The first kappa shape index (κ1) is 9.73. The number of carboxylic acid groups (broad SMARTS) is 1. The van der Waals surface area contributed by atoms with Crippen molar-refractivity contribution in [3.63, 3.8) is 0 Å². The van der Waals surface area contributed by atoms with Crippen LogP contribution >= 0.6 is 11.6 Å². The second kappa shape index (κ2) is 3.74. The predicted octanol–water partition coefficient (Wildman–Crippen LogP) is 2.69. The minimum Gasteiger partial charge on any atom is -0.478 e. The second-order valence-electron chi connectivity index (χ2n) is 2.83. The molecule has 0 aliphatic rings. The third-order valence-corrected chi connectivity index (χ3v) is 2.19. The van der Waals surface area contributed by atoms with Gasteiger partial charge in [0, 0.05) is 12.4 Å². The molecule has 0 aromatic carbocycles. The number of aromatic nitrogens is 1. The Morgan fingerprint density at radius 1 is 1.47 bits per heavy atom. The van der Waals surface area contributed by atoms with Crippen LogP contribution in [0, 0.1) is 0 Å². The Hall–Kier alpha value is -1.81. The lowest BCUT2D eigenvalue weighted by molar-refractivity contribution is 0.0697. The lowest BCUT2D eigenvalue weighted by atomic mass is 10.1. The first-order valence-electron chi connectivity index (χ1n) is 4.11. The van der Waals surface area contributed by atoms with Gasteiger partial charge in [0.15, 0.2) is 0 Å². The molecule has 2 aromatic rings. The summed E-state index contributed by atoms with van der Waals surface area (Å²) in [5, 5.41) is 9.09. The molecular weight excluding hydrogens is 218 g/mol. The summed E-state index contributed by atoms with van der Waals surface area (Å²) in [4.78, 5) is 14.8. The highest BCUT2D eigenvalue weighted by Gasteiger charge is 2.17. The molecule has 0 aliphatic heterocycles. The van der Waals surface area contributed by atoms with Crippen molar-refractivity contribution in [1.29, 1.82) is 0 Å². The molecule has 0 fully saturated rings. The highest BCUT2D eigenvalue weighted by atomic mass is 35.5. The molecule has 0 bridgehead atoms. The molecule has 1 N–H and O–H groups in total. The average Bonchev–Trinajstić information content (AvgIpc) is 2.69. The minimum atomic E-state index is -1.10. The standard InChI is InChI=1S/C10H6ClNO3/c11-7-5-12-4-6(9(7)10(13)14)8-2-1-3-15-8/h1-5H,(H,13,14). The van der Waals surface area contributed by atoms with Crippen LogP contribution in [-0.2, 0) is 0 Å². The summed E-state index contributed by atoms with van der Waals surface area (Å²) in [6.45, 7) is 0. The SMILES string of the molecule is O=C(O)c1c(Cl)cncc1-c1ccco1. The predicted molar refractivity (Wildman–Crippen MR) is 53.9 cm³/mol. The van der Waals surface area contributed by atoms with E-state index in [4.69, 9.17) is 21.1 Å². The van der Waals surface area contributed by atoms with Crippen molar-refractivity contribution >= 4 is 17.6 Å². The number of nitrogens with zero attached hydrogens (tertiary/aromatic N) is 1. The summed E-state index contributed by atoms with van der Waals surface area (Å²) < 4.78 is 5.10. The molecule has 0 saturated carbocycles. The Labute approximate surface area is 90.1 Å². The van der Waals surface area contributed by atoms with Crippen molar-refractivity contribution in [3.8, 4) is 11.3 Å². The van der Waals surface area contributed by atoms with E-state index in [9.17, 15) is 4.79 Å². The van der Waals surface area contributed by atoms with E-state index < -0.39 is 5.97 Å². The number of halogens is 1. The third-order valence-electron chi connectivity index (χ3n) is 1.90. The van der Waals surface area contributed by atoms with E-state index in [0.717, 1.165) is 0 Å². The van der Waals surface area contributed by atoms with Gasteiger partial charge in [-0.05, 0) is 12.1 Å². The number of carbonyl (C=O) groups is 1. The number of aromatic carboxylic acids is 1. The summed E-state index contributed by atoms with van der Waals surface area (Å²) in [5.41, 5.74) is 0.376. The van der Waals surface area contributed by atoms with Crippen LogP contribution in [0.15, 0.2) is 35.2 Å². The Bertz CT molecular complexity index is 493. The van der Waals surface area contributed by atoms with Gasteiger partial charge < -0.3 is 9.52 Å². The monoisotopic (exact) mass is 223 g/mol. The maximum atomic E-state index is 11.0.